The molecular formula is C22H26N6O9S2. The lowest BCUT2D eigenvalue weighted by Crippen LogP contribution is -2.71. The summed E-state index contributed by atoms with van der Waals surface area (Å²) in [6.45, 7) is 2.83. The Morgan fingerprint density at radius 3 is 2.31 bits per heavy atom. The van der Waals surface area contributed by atoms with E-state index < -0.39 is 74.1 Å². The van der Waals surface area contributed by atoms with Crippen molar-refractivity contribution in [3.8, 4) is 0 Å². The molecule has 0 aromatic heterocycles. The van der Waals surface area contributed by atoms with Crippen LogP contribution < -0.4 is 16.0 Å². The summed E-state index contributed by atoms with van der Waals surface area (Å²) in [6.07, 6.45) is 0.807. The van der Waals surface area contributed by atoms with E-state index in [0.29, 0.717) is 14.8 Å². The summed E-state index contributed by atoms with van der Waals surface area (Å²) >= 11 is 1.23. The number of benzene rings is 1. The Morgan fingerprint density at radius 2 is 1.74 bits per heavy atom. The van der Waals surface area contributed by atoms with Crippen LogP contribution in [0.2, 0.25) is 0 Å². The fourth-order valence-corrected chi connectivity index (χ4v) is 7.09. The molecule has 0 aliphatic carbocycles. The molecule has 17 heteroatoms. The lowest BCUT2D eigenvalue weighted by atomic mass is 9.95. The van der Waals surface area contributed by atoms with Crippen LogP contribution in [-0.2, 0) is 24.4 Å². The van der Waals surface area contributed by atoms with Gasteiger partial charge in [-0.05, 0) is 19.4 Å². The van der Waals surface area contributed by atoms with Gasteiger partial charge in [-0.2, -0.15) is 0 Å². The van der Waals surface area contributed by atoms with Crippen LogP contribution >= 0.6 is 11.8 Å². The number of carbonyl (C=O) groups is 6. The summed E-state index contributed by atoms with van der Waals surface area (Å²) in [7, 11) is -3.90. The molecule has 210 valence electrons. The van der Waals surface area contributed by atoms with Crippen molar-refractivity contribution in [2.45, 2.75) is 42.1 Å². The number of nitrogens with zero attached hydrogens (tertiary/aromatic N) is 3. The van der Waals surface area contributed by atoms with Gasteiger partial charge in [0.2, 0.25) is 21.8 Å². The number of β-lactam (4-membered cyclic amide) rings is 1. The predicted octanol–water partition coefficient (Wildman–Crippen LogP) is -0.524. The van der Waals surface area contributed by atoms with Gasteiger partial charge in [0.05, 0.1) is 19.3 Å². The number of fused-ring (bicyclic) bond motifs is 1. The van der Waals surface area contributed by atoms with Crippen molar-refractivity contribution < 1.29 is 42.3 Å². The number of sulfonamides is 1. The highest BCUT2D eigenvalue weighted by Crippen LogP contribution is 2.50. The second kappa shape index (κ2) is 10.0. The molecule has 3 fully saturated rings. The second-order valence-corrected chi connectivity index (χ2v) is 13.3. The number of nitrogens with one attached hydrogen (secondary N) is 3. The van der Waals surface area contributed by atoms with E-state index in [4.69, 9.17) is 0 Å². The van der Waals surface area contributed by atoms with Crippen LogP contribution in [0.3, 0.4) is 0 Å². The first-order valence-electron chi connectivity index (χ1n) is 11.6. The number of hydrogen-bond donors (Lipinski definition) is 4. The van der Waals surface area contributed by atoms with Gasteiger partial charge in [-0.1, -0.05) is 30.3 Å². The molecule has 0 radical (unpaired) electrons. The van der Waals surface area contributed by atoms with E-state index in [9.17, 15) is 42.3 Å². The number of carboxylic acid groups (broad SMARTS) is 1. The number of thioether (sulfide) groups is 1. The molecule has 4 rings (SSSR count). The van der Waals surface area contributed by atoms with Crippen molar-refractivity contribution in [2.24, 2.45) is 0 Å². The number of urea groups is 3. The minimum atomic E-state index is -3.90. The third-order valence-electron chi connectivity index (χ3n) is 6.48. The zero-order chi connectivity index (χ0) is 28.9. The summed E-state index contributed by atoms with van der Waals surface area (Å²) in [5, 5.41) is 15.8. The fourth-order valence-electron chi connectivity index (χ4n) is 4.67. The molecule has 3 saturated heterocycles. The Labute approximate surface area is 227 Å². The highest BCUT2D eigenvalue weighted by Gasteiger charge is 2.64. The van der Waals surface area contributed by atoms with Crippen molar-refractivity contribution in [1.29, 1.82) is 0 Å². The van der Waals surface area contributed by atoms with Crippen LogP contribution in [0.1, 0.15) is 25.5 Å². The van der Waals surface area contributed by atoms with Gasteiger partial charge < -0.3 is 20.6 Å². The van der Waals surface area contributed by atoms with E-state index in [1.54, 1.807) is 32.0 Å². The van der Waals surface area contributed by atoms with E-state index in [1.807, 2.05) is 5.32 Å². The second-order valence-electron chi connectivity index (χ2n) is 9.60. The molecule has 4 N–H and O–H groups in total. The minimum absolute atomic E-state index is 0.271. The monoisotopic (exact) mass is 582 g/mol. The Hall–Kier alpha value is -3.86. The van der Waals surface area contributed by atoms with Gasteiger partial charge in [0.1, 0.15) is 23.5 Å². The van der Waals surface area contributed by atoms with E-state index in [1.165, 1.54) is 28.8 Å². The van der Waals surface area contributed by atoms with Gasteiger partial charge in [-0.3, -0.25) is 14.9 Å². The maximum Gasteiger partial charge on any atom is 0.341 e. The number of hydrogen-bond acceptors (Lipinski definition) is 9. The molecule has 0 saturated carbocycles. The van der Waals surface area contributed by atoms with Gasteiger partial charge in [0.15, 0.2) is 0 Å². The molecule has 8 amide bonds. The highest BCUT2D eigenvalue weighted by molar-refractivity contribution is 8.01. The maximum absolute atomic E-state index is 13.3. The van der Waals surface area contributed by atoms with Gasteiger partial charge >= 0.3 is 24.1 Å². The van der Waals surface area contributed by atoms with Gasteiger partial charge in [0.25, 0.3) is 0 Å². The molecular weight excluding hydrogens is 556 g/mol. The molecule has 0 spiro atoms. The highest BCUT2D eigenvalue weighted by atomic mass is 32.2. The maximum atomic E-state index is 13.3. The van der Waals surface area contributed by atoms with Crippen LogP contribution in [0.15, 0.2) is 30.3 Å². The largest absolute Gasteiger partial charge is 0.480 e. The smallest absolute Gasteiger partial charge is 0.341 e. The molecule has 3 aliphatic heterocycles. The molecule has 39 heavy (non-hydrogen) atoms. The van der Waals surface area contributed by atoms with E-state index >= 15 is 0 Å². The zero-order valence-corrected chi connectivity index (χ0v) is 22.6. The number of aliphatic carboxylic acids is 1. The molecule has 1 aromatic carbocycles. The van der Waals surface area contributed by atoms with Crippen molar-refractivity contribution in [3.05, 3.63) is 35.9 Å². The molecule has 15 nitrogen and oxygen atoms in total. The van der Waals surface area contributed by atoms with Crippen LogP contribution in [0, 0.1) is 0 Å². The summed E-state index contributed by atoms with van der Waals surface area (Å²) in [4.78, 5) is 77.0. The van der Waals surface area contributed by atoms with Crippen molar-refractivity contribution in [2.75, 3.05) is 19.3 Å². The average molecular weight is 583 g/mol. The number of carbonyl (C=O) groups excluding carboxylic acids is 5. The van der Waals surface area contributed by atoms with Crippen LogP contribution in [-0.4, -0.2) is 105 Å². The van der Waals surface area contributed by atoms with Crippen molar-refractivity contribution in [1.82, 2.24) is 30.1 Å². The van der Waals surface area contributed by atoms with E-state index in [-0.39, 0.29) is 13.1 Å². The Kier molecular flexibility index (Phi) is 7.24. The van der Waals surface area contributed by atoms with E-state index in [2.05, 4.69) is 10.6 Å². The summed E-state index contributed by atoms with van der Waals surface area (Å²) in [6, 6.07) is 0.994. The SMILES string of the molecule is CC1(C)S[C@@H]2[C@H](NC(=O)C(NC(=O)NC(=O)N3CCN(S(C)(=O)=O)C3=O)c3ccccc3)C(=O)N2[C@H]1C(=O)O. The van der Waals surface area contributed by atoms with Crippen LogP contribution in [0.25, 0.3) is 0 Å². The van der Waals surface area contributed by atoms with Crippen LogP contribution in [0.4, 0.5) is 14.4 Å². The molecule has 3 aliphatic rings. The normalized spacial score (nSPS) is 24.5. The lowest BCUT2D eigenvalue weighted by Gasteiger charge is -2.44. The minimum Gasteiger partial charge on any atom is -0.480 e. The third kappa shape index (κ3) is 5.23. The number of rotatable bonds is 6. The van der Waals surface area contributed by atoms with Crippen molar-refractivity contribution in [3.63, 3.8) is 0 Å². The standard InChI is InChI=1S/C22H26N6O9S2/c1-22(2)14(18(31)32)28-16(30)13(17(28)38-22)23-15(29)12(11-7-5-4-6-8-11)24-19(33)25-20(34)26-9-10-27(21(26)35)39(3,36)37/h4-8,12-14,17H,9-10H2,1-3H3,(H,23,29)(H,31,32)(H2,24,25,33,34)/t12?,13-,14+,17-/m1/s1. The first-order valence-corrected chi connectivity index (χ1v) is 14.3. The summed E-state index contributed by atoms with van der Waals surface area (Å²) in [5.41, 5.74) is 0.310. The Bertz CT molecular complexity index is 1350. The molecule has 4 atom stereocenters. The average Bonchev–Trinajstić information content (AvgIpc) is 3.36. The van der Waals surface area contributed by atoms with E-state index in [0.717, 1.165) is 6.26 Å². The first kappa shape index (κ1) is 28.2. The zero-order valence-electron chi connectivity index (χ0n) is 21.0. The Morgan fingerprint density at radius 1 is 1.10 bits per heavy atom. The Balaban J connectivity index is 1.45. The first-order chi connectivity index (χ1) is 18.1. The van der Waals surface area contributed by atoms with Crippen molar-refractivity contribution >= 4 is 57.7 Å². The van der Waals surface area contributed by atoms with Gasteiger partial charge in [0, 0.05) is 4.75 Å². The quantitative estimate of drug-likeness (QED) is 0.316. The molecule has 1 aromatic rings. The topological polar surface area (TPSA) is 203 Å². The summed E-state index contributed by atoms with van der Waals surface area (Å²) < 4.78 is 23.0. The molecule has 1 unspecified atom stereocenters. The number of amides is 8. The lowest BCUT2D eigenvalue weighted by molar-refractivity contribution is -0.161. The fraction of sp³-hybridized carbons (Fsp3) is 0.455. The predicted molar refractivity (Wildman–Crippen MR) is 136 cm³/mol. The van der Waals surface area contributed by atoms with Gasteiger partial charge in [-0.15, -0.1) is 11.8 Å². The number of imide groups is 2. The van der Waals surface area contributed by atoms with Crippen LogP contribution in [0.5, 0.6) is 0 Å². The molecule has 3 heterocycles. The summed E-state index contributed by atoms with van der Waals surface area (Å²) in [5.74, 6) is -2.53. The number of carboxylic acids is 1. The molecule has 0 bridgehead atoms. The third-order valence-corrected chi connectivity index (χ3v) is 9.19. The van der Waals surface area contributed by atoms with Gasteiger partial charge in [-0.25, -0.2) is 36.8 Å².